The molecule has 0 atom stereocenters. The number of pyridine rings is 1. The van der Waals surface area contributed by atoms with Crippen LogP contribution in [-0.4, -0.2) is 36.3 Å². The lowest BCUT2D eigenvalue weighted by molar-refractivity contribution is -0.121. The standard InChI is InChI=1S/C19H24N6O5S/c20-24-18(26)8-2-1-5-11-21-19(27)15-9-10-17(22-12-15)25-23-13-14-6-3-4-7-16(14)31(28,29)30/h3-4,6-7,9-10,12H,1-2,5,8,11,13,20H2,(H,21,27)(H,24,26)(H,28,29,30). The molecule has 0 aliphatic carbocycles. The van der Waals surface area contributed by atoms with Gasteiger partial charge in [0.25, 0.3) is 16.0 Å². The maximum atomic E-state index is 12.1. The van der Waals surface area contributed by atoms with Crippen LogP contribution in [0.1, 0.15) is 41.6 Å². The maximum absolute atomic E-state index is 12.1. The van der Waals surface area contributed by atoms with Crippen molar-refractivity contribution in [1.82, 2.24) is 15.7 Å². The summed E-state index contributed by atoms with van der Waals surface area (Å²) in [4.78, 5) is 26.9. The topological polar surface area (TPSA) is 176 Å². The Balaban J connectivity index is 1.81. The molecule has 2 rings (SSSR count). The Kier molecular flexibility index (Phi) is 9.18. The van der Waals surface area contributed by atoms with Crippen LogP contribution in [0.15, 0.2) is 57.7 Å². The van der Waals surface area contributed by atoms with Gasteiger partial charge in [0, 0.05) is 19.2 Å². The number of carbonyl (C=O) groups excluding carboxylic acids is 2. The van der Waals surface area contributed by atoms with Crippen molar-refractivity contribution in [2.24, 2.45) is 16.1 Å². The minimum absolute atomic E-state index is 0.0627. The molecule has 0 fully saturated rings. The molecular weight excluding hydrogens is 424 g/mol. The van der Waals surface area contributed by atoms with Gasteiger partial charge in [-0.3, -0.25) is 19.6 Å². The van der Waals surface area contributed by atoms with Gasteiger partial charge >= 0.3 is 0 Å². The van der Waals surface area contributed by atoms with Crippen molar-refractivity contribution in [3.8, 4) is 0 Å². The summed E-state index contributed by atoms with van der Waals surface area (Å²) in [5, 5.41) is 10.6. The molecule has 0 radical (unpaired) electrons. The van der Waals surface area contributed by atoms with Crippen LogP contribution in [0.3, 0.4) is 0 Å². The van der Waals surface area contributed by atoms with E-state index in [-0.39, 0.29) is 29.1 Å². The van der Waals surface area contributed by atoms with E-state index < -0.39 is 10.1 Å². The zero-order valence-corrected chi connectivity index (χ0v) is 17.5. The van der Waals surface area contributed by atoms with Crippen molar-refractivity contribution in [3.63, 3.8) is 0 Å². The number of carbonyl (C=O) groups is 2. The Labute approximate surface area is 179 Å². The molecular formula is C19H24N6O5S. The number of aromatic nitrogens is 1. The van der Waals surface area contributed by atoms with E-state index in [1.807, 2.05) is 0 Å². The Morgan fingerprint density at radius 2 is 1.87 bits per heavy atom. The van der Waals surface area contributed by atoms with Crippen LogP contribution in [0, 0.1) is 0 Å². The summed E-state index contributed by atoms with van der Waals surface area (Å²) in [6.07, 6.45) is 3.92. The Hall–Kier alpha value is -3.22. The van der Waals surface area contributed by atoms with Crippen molar-refractivity contribution in [1.29, 1.82) is 0 Å². The first-order valence-corrected chi connectivity index (χ1v) is 10.9. The molecule has 1 aromatic heterocycles. The Morgan fingerprint density at radius 1 is 1.10 bits per heavy atom. The first kappa shape index (κ1) is 24.1. The third-order valence-corrected chi connectivity index (χ3v) is 5.16. The molecule has 0 spiro atoms. The molecule has 0 saturated heterocycles. The van der Waals surface area contributed by atoms with E-state index in [9.17, 15) is 22.6 Å². The van der Waals surface area contributed by atoms with Gasteiger partial charge in [-0.1, -0.05) is 24.6 Å². The molecule has 0 bridgehead atoms. The van der Waals surface area contributed by atoms with Gasteiger partial charge in [-0.15, -0.1) is 5.11 Å². The lowest BCUT2D eigenvalue weighted by atomic mass is 10.2. The Morgan fingerprint density at radius 3 is 2.55 bits per heavy atom. The highest BCUT2D eigenvalue weighted by Crippen LogP contribution is 2.17. The van der Waals surface area contributed by atoms with Crippen LogP contribution in [0.5, 0.6) is 0 Å². The van der Waals surface area contributed by atoms with Gasteiger partial charge in [0.2, 0.25) is 5.91 Å². The van der Waals surface area contributed by atoms with Crippen molar-refractivity contribution < 1.29 is 22.6 Å². The fraction of sp³-hybridized carbons (Fsp3) is 0.316. The number of hydrazine groups is 1. The normalized spacial score (nSPS) is 11.4. The third-order valence-electron chi connectivity index (χ3n) is 4.20. The minimum Gasteiger partial charge on any atom is -0.352 e. The fourth-order valence-corrected chi connectivity index (χ4v) is 3.33. The average molecular weight is 449 g/mol. The lowest BCUT2D eigenvalue weighted by Crippen LogP contribution is -2.29. The van der Waals surface area contributed by atoms with Gasteiger partial charge in [0.1, 0.15) is 0 Å². The smallest absolute Gasteiger partial charge is 0.294 e. The van der Waals surface area contributed by atoms with E-state index in [2.05, 4.69) is 26.0 Å². The van der Waals surface area contributed by atoms with E-state index in [4.69, 9.17) is 5.84 Å². The van der Waals surface area contributed by atoms with Gasteiger partial charge in [-0.2, -0.15) is 13.5 Å². The van der Waals surface area contributed by atoms with Crippen LogP contribution in [0.2, 0.25) is 0 Å². The molecule has 12 heteroatoms. The van der Waals surface area contributed by atoms with Gasteiger partial charge in [-0.05, 0) is 36.6 Å². The molecule has 0 aliphatic rings. The zero-order chi connectivity index (χ0) is 22.7. The number of hydrogen-bond donors (Lipinski definition) is 4. The third kappa shape index (κ3) is 8.20. The summed E-state index contributed by atoms with van der Waals surface area (Å²) in [6.45, 7) is 0.407. The monoisotopic (exact) mass is 448 g/mol. The quantitative estimate of drug-likeness (QED) is 0.101. The summed E-state index contributed by atoms with van der Waals surface area (Å²) >= 11 is 0. The summed E-state index contributed by atoms with van der Waals surface area (Å²) in [7, 11) is -4.35. The molecule has 11 nitrogen and oxygen atoms in total. The SMILES string of the molecule is NNC(=O)CCCCCNC(=O)c1ccc(N=NCc2ccccc2S(=O)(=O)O)nc1. The van der Waals surface area contributed by atoms with Crippen LogP contribution in [0.25, 0.3) is 0 Å². The second kappa shape index (κ2) is 11.8. The predicted molar refractivity (Wildman–Crippen MR) is 112 cm³/mol. The number of hydrogen-bond acceptors (Lipinski definition) is 8. The average Bonchev–Trinajstić information content (AvgIpc) is 2.76. The molecule has 1 aromatic carbocycles. The van der Waals surface area contributed by atoms with Gasteiger partial charge in [-0.25, -0.2) is 10.8 Å². The minimum atomic E-state index is -4.35. The molecule has 166 valence electrons. The van der Waals surface area contributed by atoms with Crippen LogP contribution in [0.4, 0.5) is 5.82 Å². The molecule has 2 aromatic rings. The number of benzene rings is 1. The fourth-order valence-electron chi connectivity index (χ4n) is 2.61. The van der Waals surface area contributed by atoms with E-state index in [0.29, 0.717) is 30.5 Å². The molecule has 5 N–H and O–H groups in total. The van der Waals surface area contributed by atoms with E-state index in [1.165, 1.54) is 30.5 Å². The van der Waals surface area contributed by atoms with Crippen LogP contribution < -0.4 is 16.6 Å². The number of rotatable bonds is 11. The van der Waals surface area contributed by atoms with Crippen molar-refractivity contribution in [2.75, 3.05) is 6.54 Å². The number of nitrogens with zero attached hydrogens (tertiary/aromatic N) is 3. The second-order valence-corrected chi connectivity index (χ2v) is 7.91. The summed E-state index contributed by atoms with van der Waals surface area (Å²) < 4.78 is 32.0. The van der Waals surface area contributed by atoms with Crippen LogP contribution in [-0.2, 0) is 21.5 Å². The largest absolute Gasteiger partial charge is 0.352 e. The van der Waals surface area contributed by atoms with Gasteiger partial charge in [0.05, 0.1) is 17.0 Å². The number of azo groups is 1. The summed E-state index contributed by atoms with van der Waals surface area (Å²) in [5.41, 5.74) is 2.72. The first-order valence-electron chi connectivity index (χ1n) is 9.48. The predicted octanol–water partition coefficient (Wildman–Crippen LogP) is 1.89. The van der Waals surface area contributed by atoms with E-state index in [0.717, 1.165) is 12.8 Å². The molecule has 0 unspecified atom stereocenters. The highest BCUT2D eigenvalue weighted by molar-refractivity contribution is 7.85. The second-order valence-electron chi connectivity index (χ2n) is 6.52. The van der Waals surface area contributed by atoms with Gasteiger partial charge < -0.3 is 5.32 Å². The number of amides is 2. The zero-order valence-electron chi connectivity index (χ0n) is 16.7. The Bertz CT molecular complexity index is 1020. The number of unbranched alkanes of at least 4 members (excludes halogenated alkanes) is 2. The van der Waals surface area contributed by atoms with E-state index in [1.54, 1.807) is 12.1 Å². The number of nitrogens with one attached hydrogen (secondary N) is 2. The molecule has 2 amide bonds. The molecule has 1 heterocycles. The van der Waals surface area contributed by atoms with Gasteiger partial charge in [0.15, 0.2) is 5.82 Å². The highest BCUT2D eigenvalue weighted by Gasteiger charge is 2.14. The van der Waals surface area contributed by atoms with Crippen molar-refractivity contribution in [2.45, 2.75) is 37.1 Å². The molecule has 0 saturated carbocycles. The summed E-state index contributed by atoms with van der Waals surface area (Å²) in [5.74, 6) is 4.75. The molecule has 0 aliphatic heterocycles. The van der Waals surface area contributed by atoms with Crippen molar-refractivity contribution >= 4 is 27.8 Å². The van der Waals surface area contributed by atoms with Crippen molar-refractivity contribution in [3.05, 3.63) is 53.7 Å². The first-order chi connectivity index (χ1) is 14.8. The molecule has 31 heavy (non-hydrogen) atoms. The summed E-state index contributed by atoms with van der Waals surface area (Å²) in [6, 6.07) is 8.99. The number of nitrogens with two attached hydrogens (primary N) is 1. The lowest BCUT2D eigenvalue weighted by Gasteiger charge is -2.05. The van der Waals surface area contributed by atoms with E-state index >= 15 is 0 Å². The van der Waals surface area contributed by atoms with Crippen LogP contribution >= 0.6 is 0 Å². The highest BCUT2D eigenvalue weighted by atomic mass is 32.2. The maximum Gasteiger partial charge on any atom is 0.294 e.